The molecule has 0 radical (unpaired) electrons. The Kier molecular flexibility index (Phi) is 8.79. The number of ether oxygens (including phenoxy) is 2. The number of carbonyl (C=O) groups excluding carboxylic acids is 2. The predicted octanol–water partition coefficient (Wildman–Crippen LogP) is 1.93. The molecule has 0 unspecified atom stereocenters. The SMILES string of the molecule is COCCOc1ccc(CNC(=O)CCCNC(=O)c2ccccc2)cn1. The Balaban J connectivity index is 1.60. The van der Waals surface area contributed by atoms with E-state index in [1.165, 1.54) is 0 Å². The highest BCUT2D eigenvalue weighted by Crippen LogP contribution is 2.07. The zero-order valence-electron chi connectivity index (χ0n) is 15.4. The maximum atomic E-state index is 11.9. The minimum Gasteiger partial charge on any atom is -0.475 e. The fourth-order valence-electron chi connectivity index (χ4n) is 2.26. The summed E-state index contributed by atoms with van der Waals surface area (Å²) < 4.78 is 10.3. The molecular formula is C20H25N3O4. The van der Waals surface area contributed by atoms with Gasteiger partial charge in [0.1, 0.15) is 6.61 Å². The molecule has 0 saturated heterocycles. The van der Waals surface area contributed by atoms with E-state index < -0.39 is 0 Å². The van der Waals surface area contributed by atoms with E-state index in [-0.39, 0.29) is 11.8 Å². The number of rotatable bonds is 11. The van der Waals surface area contributed by atoms with Gasteiger partial charge in [0.15, 0.2) is 0 Å². The molecule has 0 atom stereocenters. The van der Waals surface area contributed by atoms with Gasteiger partial charge < -0.3 is 20.1 Å². The minimum absolute atomic E-state index is 0.0654. The molecule has 1 aromatic heterocycles. The second kappa shape index (κ2) is 11.6. The van der Waals surface area contributed by atoms with Gasteiger partial charge in [0.25, 0.3) is 5.91 Å². The van der Waals surface area contributed by atoms with E-state index in [0.29, 0.717) is 50.6 Å². The van der Waals surface area contributed by atoms with Crippen molar-refractivity contribution < 1.29 is 19.1 Å². The van der Waals surface area contributed by atoms with Crippen LogP contribution in [-0.4, -0.2) is 43.7 Å². The van der Waals surface area contributed by atoms with E-state index in [1.54, 1.807) is 31.5 Å². The number of hydrogen-bond donors (Lipinski definition) is 2. The zero-order chi connectivity index (χ0) is 19.3. The first-order valence-electron chi connectivity index (χ1n) is 8.85. The summed E-state index contributed by atoms with van der Waals surface area (Å²) in [6.45, 7) is 1.81. The molecule has 0 aliphatic rings. The lowest BCUT2D eigenvalue weighted by atomic mass is 10.2. The largest absolute Gasteiger partial charge is 0.475 e. The second-order valence-electron chi connectivity index (χ2n) is 5.85. The van der Waals surface area contributed by atoms with Crippen LogP contribution in [0.4, 0.5) is 0 Å². The summed E-state index contributed by atoms with van der Waals surface area (Å²) in [5.74, 6) is 0.329. The smallest absolute Gasteiger partial charge is 0.251 e. The number of carbonyl (C=O) groups is 2. The molecule has 0 spiro atoms. The van der Waals surface area contributed by atoms with Crippen LogP contribution in [0.5, 0.6) is 5.88 Å². The van der Waals surface area contributed by atoms with Gasteiger partial charge in [-0.3, -0.25) is 9.59 Å². The summed E-state index contributed by atoms with van der Waals surface area (Å²) in [5, 5.41) is 5.64. The Bertz CT molecular complexity index is 705. The Morgan fingerprint density at radius 1 is 1.04 bits per heavy atom. The fraction of sp³-hybridized carbons (Fsp3) is 0.350. The van der Waals surface area contributed by atoms with Crippen molar-refractivity contribution in [1.29, 1.82) is 0 Å². The first-order chi connectivity index (χ1) is 13.2. The predicted molar refractivity (Wildman–Crippen MR) is 101 cm³/mol. The minimum atomic E-state index is -0.130. The molecule has 2 N–H and O–H groups in total. The summed E-state index contributed by atoms with van der Waals surface area (Å²) in [4.78, 5) is 27.9. The second-order valence-corrected chi connectivity index (χ2v) is 5.85. The quantitative estimate of drug-likeness (QED) is 0.589. The highest BCUT2D eigenvalue weighted by Gasteiger charge is 2.05. The van der Waals surface area contributed by atoms with Crippen LogP contribution in [0.15, 0.2) is 48.7 Å². The van der Waals surface area contributed by atoms with E-state index in [0.717, 1.165) is 5.56 Å². The molecule has 7 heteroatoms. The molecule has 7 nitrogen and oxygen atoms in total. The van der Waals surface area contributed by atoms with Crippen molar-refractivity contribution in [1.82, 2.24) is 15.6 Å². The van der Waals surface area contributed by atoms with Crippen molar-refractivity contribution in [3.63, 3.8) is 0 Å². The summed E-state index contributed by atoms with van der Waals surface area (Å²) in [5.41, 5.74) is 1.50. The molecular weight excluding hydrogens is 346 g/mol. The summed E-state index contributed by atoms with van der Waals surface area (Å²) >= 11 is 0. The van der Waals surface area contributed by atoms with E-state index in [2.05, 4.69) is 15.6 Å². The van der Waals surface area contributed by atoms with Gasteiger partial charge in [-0.2, -0.15) is 0 Å². The number of aromatic nitrogens is 1. The normalized spacial score (nSPS) is 10.3. The van der Waals surface area contributed by atoms with E-state index in [1.807, 2.05) is 24.3 Å². The monoisotopic (exact) mass is 371 g/mol. The number of nitrogens with zero attached hydrogens (tertiary/aromatic N) is 1. The highest BCUT2D eigenvalue weighted by atomic mass is 16.5. The van der Waals surface area contributed by atoms with Crippen molar-refractivity contribution >= 4 is 11.8 Å². The maximum Gasteiger partial charge on any atom is 0.251 e. The van der Waals surface area contributed by atoms with Crippen LogP contribution in [-0.2, 0) is 16.1 Å². The molecule has 27 heavy (non-hydrogen) atoms. The van der Waals surface area contributed by atoms with Crippen LogP contribution in [0.2, 0.25) is 0 Å². The van der Waals surface area contributed by atoms with Crippen molar-refractivity contribution in [3.8, 4) is 5.88 Å². The standard InChI is InChI=1S/C20H25N3O4/c1-26-12-13-27-19-10-9-16(15-23-19)14-22-18(24)8-5-11-21-20(25)17-6-3-2-4-7-17/h2-4,6-7,9-10,15H,5,8,11-14H2,1H3,(H,21,25)(H,22,24). The number of pyridine rings is 1. The van der Waals surface area contributed by atoms with Gasteiger partial charge in [0.05, 0.1) is 6.61 Å². The average molecular weight is 371 g/mol. The lowest BCUT2D eigenvalue weighted by Gasteiger charge is -2.08. The van der Waals surface area contributed by atoms with Crippen LogP contribution in [0.3, 0.4) is 0 Å². The van der Waals surface area contributed by atoms with Crippen LogP contribution in [0.25, 0.3) is 0 Å². The molecule has 144 valence electrons. The number of benzene rings is 1. The van der Waals surface area contributed by atoms with Crippen molar-refractivity contribution in [2.24, 2.45) is 0 Å². The number of methoxy groups -OCH3 is 1. The van der Waals surface area contributed by atoms with E-state index >= 15 is 0 Å². The summed E-state index contributed by atoms with van der Waals surface area (Å²) in [7, 11) is 1.61. The third-order valence-electron chi connectivity index (χ3n) is 3.73. The van der Waals surface area contributed by atoms with Gasteiger partial charge in [-0.05, 0) is 24.1 Å². The van der Waals surface area contributed by atoms with E-state index in [9.17, 15) is 9.59 Å². The van der Waals surface area contributed by atoms with Crippen molar-refractivity contribution in [2.75, 3.05) is 26.9 Å². The molecule has 1 aromatic carbocycles. The van der Waals surface area contributed by atoms with Gasteiger partial charge in [-0.1, -0.05) is 24.3 Å². The number of nitrogens with one attached hydrogen (secondary N) is 2. The lowest BCUT2D eigenvalue weighted by Crippen LogP contribution is -2.27. The van der Waals surface area contributed by atoms with Gasteiger partial charge in [-0.15, -0.1) is 0 Å². The van der Waals surface area contributed by atoms with Gasteiger partial charge in [0.2, 0.25) is 11.8 Å². The van der Waals surface area contributed by atoms with Crippen molar-refractivity contribution in [2.45, 2.75) is 19.4 Å². The Morgan fingerprint density at radius 3 is 2.56 bits per heavy atom. The van der Waals surface area contributed by atoms with Crippen LogP contribution in [0, 0.1) is 0 Å². The van der Waals surface area contributed by atoms with Gasteiger partial charge >= 0.3 is 0 Å². The molecule has 0 aliphatic heterocycles. The molecule has 0 bridgehead atoms. The average Bonchev–Trinajstić information content (AvgIpc) is 2.71. The van der Waals surface area contributed by atoms with Crippen LogP contribution < -0.4 is 15.4 Å². The first kappa shape index (κ1) is 20.4. The highest BCUT2D eigenvalue weighted by molar-refractivity contribution is 5.94. The Morgan fingerprint density at radius 2 is 1.85 bits per heavy atom. The lowest BCUT2D eigenvalue weighted by molar-refractivity contribution is -0.121. The summed E-state index contributed by atoms with van der Waals surface area (Å²) in [6.07, 6.45) is 2.60. The van der Waals surface area contributed by atoms with Gasteiger partial charge in [-0.25, -0.2) is 4.98 Å². The molecule has 0 aliphatic carbocycles. The molecule has 0 fully saturated rings. The third-order valence-corrected chi connectivity index (χ3v) is 3.73. The zero-order valence-corrected chi connectivity index (χ0v) is 15.4. The molecule has 2 rings (SSSR count). The number of hydrogen-bond acceptors (Lipinski definition) is 5. The Labute approximate surface area is 159 Å². The molecule has 2 aromatic rings. The topological polar surface area (TPSA) is 89.5 Å². The third kappa shape index (κ3) is 7.87. The van der Waals surface area contributed by atoms with Crippen LogP contribution in [0.1, 0.15) is 28.8 Å². The number of amides is 2. The Hall–Kier alpha value is -2.93. The molecule has 0 saturated carbocycles. The summed E-state index contributed by atoms with van der Waals surface area (Å²) in [6, 6.07) is 12.6. The van der Waals surface area contributed by atoms with E-state index in [4.69, 9.17) is 9.47 Å². The van der Waals surface area contributed by atoms with Gasteiger partial charge in [0, 0.05) is 44.4 Å². The molecule has 2 amide bonds. The first-order valence-corrected chi connectivity index (χ1v) is 8.85. The maximum absolute atomic E-state index is 11.9. The fourth-order valence-corrected chi connectivity index (χ4v) is 2.26. The molecule has 1 heterocycles. The van der Waals surface area contributed by atoms with Crippen LogP contribution >= 0.6 is 0 Å². The van der Waals surface area contributed by atoms with Crippen molar-refractivity contribution in [3.05, 3.63) is 59.8 Å².